The molecule has 24 heavy (non-hydrogen) atoms. The minimum atomic E-state index is -1.08. The van der Waals surface area contributed by atoms with E-state index in [0.717, 1.165) is 12.1 Å². The molecule has 1 aromatic carbocycles. The summed E-state index contributed by atoms with van der Waals surface area (Å²) in [6.07, 6.45) is 2.71. The third-order valence-corrected chi connectivity index (χ3v) is 4.00. The smallest absolute Gasteiger partial charge is 0.254 e. The number of carbonyl (C=O) groups is 2. The average molecular weight is 334 g/mol. The third-order valence-electron chi connectivity index (χ3n) is 4.00. The Hall–Kier alpha value is -2.70. The highest BCUT2D eigenvalue weighted by Crippen LogP contribution is 2.21. The Kier molecular flexibility index (Phi) is 4.59. The van der Waals surface area contributed by atoms with Crippen molar-refractivity contribution in [3.8, 4) is 0 Å². The third kappa shape index (κ3) is 3.29. The van der Waals surface area contributed by atoms with E-state index in [1.54, 1.807) is 12.1 Å². The first-order valence-corrected chi connectivity index (χ1v) is 7.62. The van der Waals surface area contributed by atoms with E-state index in [2.05, 4.69) is 5.32 Å². The van der Waals surface area contributed by atoms with Crippen molar-refractivity contribution in [1.82, 2.24) is 10.2 Å². The van der Waals surface area contributed by atoms with Crippen molar-refractivity contribution < 1.29 is 22.8 Å². The summed E-state index contributed by atoms with van der Waals surface area (Å²) in [5, 5.41) is 2.72. The molecule has 1 saturated heterocycles. The largest absolute Gasteiger partial charge is 0.467 e. The van der Waals surface area contributed by atoms with Crippen LogP contribution < -0.4 is 5.32 Å². The summed E-state index contributed by atoms with van der Waals surface area (Å²) in [4.78, 5) is 26.2. The van der Waals surface area contributed by atoms with Gasteiger partial charge in [0.2, 0.25) is 5.91 Å². The molecule has 2 amide bonds. The van der Waals surface area contributed by atoms with Crippen LogP contribution in [0.4, 0.5) is 8.78 Å². The number of likely N-dealkylation sites (tertiary alicyclic amines) is 1. The van der Waals surface area contributed by atoms with Crippen LogP contribution in [0.1, 0.15) is 29.0 Å². The van der Waals surface area contributed by atoms with Crippen molar-refractivity contribution in [2.45, 2.75) is 25.4 Å². The van der Waals surface area contributed by atoms with Crippen LogP contribution in [-0.2, 0) is 11.3 Å². The van der Waals surface area contributed by atoms with Crippen molar-refractivity contribution in [3.05, 3.63) is 59.6 Å². The first kappa shape index (κ1) is 16.2. The summed E-state index contributed by atoms with van der Waals surface area (Å²) in [6.45, 7) is 0.631. The van der Waals surface area contributed by atoms with Gasteiger partial charge in [0.1, 0.15) is 11.8 Å². The number of furan rings is 1. The molecular weight excluding hydrogens is 318 g/mol. The standard InChI is InChI=1S/C17H16F2N2O3/c18-13-6-5-11(9-14(13)19)17(23)21-7-1-4-15(21)16(22)20-10-12-3-2-8-24-12/h2-3,5-6,8-9,15H,1,4,7,10H2,(H,20,22)/t15-/m1/s1. The van der Waals surface area contributed by atoms with E-state index in [1.807, 2.05) is 0 Å². The molecule has 0 aliphatic carbocycles. The molecule has 1 aliphatic heterocycles. The van der Waals surface area contributed by atoms with E-state index in [1.165, 1.54) is 17.2 Å². The Morgan fingerprint density at radius 2 is 2.08 bits per heavy atom. The molecule has 1 aromatic heterocycles. The number of hydrogen-bond donors (Lipinski definition) is 1. The molecule has 1 atom stereocenters. The van der Waals surface area contributed by atoms with Crippen LogP contribution >= 0.6 is 0 Å². The number of halogens is 2. The molecule has 0 bridgehead atoms. The van der Waals surface area contributed by atoms with Gasteiger partial charge in [-0.1, -0.05) is 0 Å². The average Bonchev–Trinajstić information content (AvgIpc) is 3.26. The molecule has 7 heteroatoms. The van der Waals surface area contributed by atoms with Crippen LogP contribution in [0.15, 0.2) is 41.0 Å². The molecule has 126 valence electrons. The predicted molar refractivity (Wildman–Crippen MR) is 81.0 cm³/mol. The normalized spacial score (nSPS) is 17.1. The second-order valence-electron chi connectivity index (χ2n) is 5.58. The molecule has 1 aliphatic rings. The monoisotopic (exact) mass is 334 g/mol. The van der Waals surface area contributed by atoms with Gasteiger partial charge < -0.3 is 14.6 Å². The lowest BCUT2D eigenvalue weighted by molar-refractivity contribution is -0.125. The lowest BCUT2D eigenvalue weighted by atomic mass is 10.1. The Morgan fingerprint density at radius 1 is 1.25 bits per heavy atom. The maximum atomic E-state index is 13.3. The van der Waals surface area contributed by atoms with Crippen molar-refractivity contribution in [2.24, 2.45) is 0 Å². The van der Waals surface area contributed by atoms with Gasteiger partial charge in [-0.15, -0.1) is 0 Å². The maximum Gasteiger partial charge on any atom is 0.254 e. The number of carbonyl (C=O) groups excluding carboxylic acids is 2. The van der Waals surface area contributed by atoms with E-state index >= 15 is 0 Å². The van der Waals surface area contributed by atoms with Crippen LogP contribution in [0.2, 0.25) is 0 Å². The van der Waals surface area contributed by atoms with Gasteiger partial charge in [-0.25, -0.2) is 8.78 Å². The Balaban J connectivity index is 1.68. The van der Waals surface area contributed by atoms with Gasteiger partial charge in [0, 0.05) is 12.1 Å². The van der Waals surface area contributed by atoms with Crippen LogP contribution in [-0.4, -0.2) is 29.3 Å². The molecule has 0 spiro atoms. The van der Waals surface area contributed by atoms with E-state index in [9.17, 15) is 18.4 Å². The fraction of sp³-hybridized carbons (Fsp3) is 0.294. The lowest BCUT2D eigenvalue weighted by Crippen LogP contribution is -2.45. The molecule has 1 N–H and O–H groups in total. The summed E-state index contributed by atoms with van der Waals surface area (Å²) in [5.74, 6) is -2.26. The quantitative estimate of drug-likeness (QED) is 0.934. The second kappa shape index (κ2) is 6.82. The number of benzene rings is 1. The van der Waals surface area contributed by atoms with Gasteiger partial charge in [0.15, 0.2) is 11.6 Å². The molecule has 5 nitrogen and oxygen atoms in total. The fourth-order valence-electron chi connectivity index (χ4n) is 2.78. The minimum Gasteiger partial charge on any atom is -0.467 e. The topological polar surface area (TPSA) is 62.6 Å². The van der Waals surface area contributed by atoms with Crippen LogP contribution in [0.5, 0.6) is 0 Å². The highest BCUT2D eigenvalue weighted by atomic mass is 19.2. The van der Waals surface area contributed by atoms with E-state index < -0.39 is 23.6 Å². The number of rotatable bonds is 4. The molecule has 0 saturated carbocycles. The molecular formula is C17H16F2N2O3. The second-order valence-corrected chi connectivity index (χ2v) is 5.58. The Bertz CT molecular complexity index is 746. The minimum absolute atomic E-state index is 0.0274. The molecule has 2 aromatic rings. The van der Waals surface area contributed by atoms with E-state index in [0.29, 0.717) is 25.1 Å². The Morgan fingerprint density at radius 3 is 2.79 bits per heavy atom. The van der Waals surface area contributed by atoms with Gasteiger partial charge in [-0.2, -0.15) is 0 Å². The number of amides is 2. The van der Waals surface area contributed by atoms with E-state index in [-0.39, 0.29) is 18.0 Å². The van der Waals surface area contributed by atoms with Crippen LogP contribution in [0, 0.1) is 11.6 Å². The predicted octanol–water partition coefficient (Wildman–Crippen LogP) is 2.48. The van der Waals surface area contributed by atoms with Gasteiger partial charge in [0.05, 0.1) is 12.8 Å². The number of hydrogen-bond acceptors (Lipinski definition) is 3. The molecule has 0 radical (unpaired) electrons. The molecule has 1 fully saturated rings. The summed E-state index contributed by atoms with van der Waals surface area (Å²) < 4.78 is 31.5. The zero-order valence-electron chi connectivity index (χ0n) is 12.8. The first-order chi connectivity index (χ1) is 11.6. The van der Waals surface area contributed by atoms with Gasteiger partial charge in [-0.3, -0.25) is 9.59 Å². The van der Waals surface area contributed by atoms with Gasteiger partial charge in [-0.05, 0) is 43.2 Å². The van der Waals surface area contributed by atoms with Crippen molar-refractivity contribution >= 4 is 11.8 Å². The molecule has 0 unspecified atom stereocenters. The number of nitrogens with one attached hydrogen (secondary N) is 1. The van der Waals surface area contributed by atoms with Crippen LogP contribution in [0.3, 0.4) is 0 Å². The SMILES string of the molecule is O=C(NCc1ccco1)[C@H]1CCCN1C(=O)c1ccc(F)c(F)c1. The van der Waals surface area contributed by atoms with Crippen molar-refractivity contribution in [1.29, 1.82) is 0 Å². The van der Waals surface area contributed by atoms with Gasteiger partial charge >= 0.3 is 0 Å². The lowest BCUT2D eigenvalue weighted by Gasteiger charge is -2.24. The summed E-state index contributed by atoms with van der Waals surface area (Å²) in [7, 11) is 0. The highest BCUT2D eigenvalue weighted by molar-refractivity contribution is 5.97. The maximum absolute atomic E-state index is 13.3. The van der Waals surface area contributed by atoms with Crippen LogP contribution in [0.25, 0.3) is 0 Å². The fourth-order valence-corrected chi connectivity index (χ4v) is 2.78. The highest BCUT2D eigenvalue weighted by Gasteiger charge is 2.34. The van der Waals surface area contributed by atoms with Crippen molar-refractivity contribution in [3.63, 3.8) is 0 Å². The Labute approximate surface area is 137 Å². The molecule has 3 rings (SSSR count). The van der Waals surface area contributed by atoms with E-state index in [4.69, 9.17) is 4.42 Å². The summed E-state index contributed by atoms with van der Waals surface area (Å²) in [6, 6.07) is 5.81. The van der Waals surface area contributed by atoms with Crippen molar-refractivity contribution in [2.75, 3.05) is 6.54 Å². The number of nitrogens with zero attached hydrogens (tertiary/aromatic N) is 1. The zero-order chi connectivity index (χ0) is 17.1. The summed E-state index contributed by atoms with van der Waals surface area (Å²) >= 11 is 0. The zero-order valence-corrected chi connectivity index (χ0v) is 12.8. The molecule has 2 heterocycles. The summed E-state index contributed by atoms with van der Waals surface area (Å²) in [5.41, 5.74) is 0.0274. The first-order valence-electron chi connectivity index (χ1n) is 7.62. The van der Waals surface area contributed by atoms with Gasteiger partial charge in [0.25, 0.3) is 5.91 Å².